The van der Waals surface area contributed by atoms with Crippen molar-refractivity contribution in [2.45, 2.75) is 44.4 Å². The van der Waals surface area contributed by atoms with Gasteiger partial charge in [0.2, 0.25) is 16.0 Å². The van der Waals surface area contributed by atoms with E-state index in [1.54, 1.807) is 27.7 Å². The van der Waals surface area contributed by atoms with Crippen LogP contribution in [0.15, 0.2) is 34.1 Å². The van der Waals surface area contributed by atoms with Crippen molar-refractivity contribution in [3.8, 4) is 0 Å². The van der Waals surface area contributed by atoms with Crippen molar-refractivity contribution in [1.29, 1.82) is 0 Å². The molecule has 0 unspecified atom stereocenters. The Morgan fingerprint density at radius 1 is 0.933 bits per heavy atom. The summed E-state index contributed by atoms with van der Waals surface area (Å²) in [5, 5.41) is 2.27. The molecule has 0 bridgehead atoms. The molecule has 164 valence electrons. The summed E-state index contributed by atoms with van der Waals surface area (Å²) in [6, 6.07) is 4.01. The fraction of sp³-hybridized carbons (Fsp3) is 0.389. The van der Waals surface area contributed by atoms with Crippen LogP contribution in [0, 0.1) is 20.8 Å². The molecule has 0 saturated heterocycles. The van der Waals surface area contributed by atoms with E-state index in [-0.39, 0.29) is 19.0 Å². The van der Waals surface area contributed by atoms with Crippen molar-refractivity contribution in [3.63, 3.8) is 0 Å². The van der Waals surface area contributed by atoms with Gasteiger partial charge >= 0.3 is 6.03 Å². The molecule has 10 nitrogen and oxygen atoms in total. The van der Waals surface area contributed by atoms with E-state index in [0.717, 1.165) is 15.9 Å². The number of nitrogens with one attached hydrogen (secondary N) is 2. The Morgan fingerprint density at radius 3 is 1.93 bits per heavy atom. The van der Waals surface area contributed by atoms with Crippen LogP contribution < -0.4 is 10.0 Å². The average molecular weight is 456 g/mol. The summed E-state index contributed by atoms with van der Waals surface area (Å²) in [5.41, 5.74) is 2.12. The Kier molecular flexibility index (Phi) is 7.16. The van der Waals surface area contributed by atoms with E-state index in [4.69, 9.17) is 0 Å². The van der Waals surface area contributed by atoms with Gasteiger partial charge in [0.25, 0.3) is 10.0 Å². The smallest absolute Gasteiger partial charge is 0.275 e. The molecule has 0 saturated carbocycles. The molecule has 2 rings (SSSR count). The first-order valence-corrected chi connectivity index (χ1v) is 12.1. The van der Waals surface area contributed by atoms with Crippen LogP contribution in [0.1, 0.15) is 30.8 Å². The van der Waals surface area contributed by atoms with Gasteiger partial charge in [0.15, 0.2) is 0 Å². The lowest BCUT2D eigenvalue weighted by molar-refractivity contribution is 0.256. The van der Waals surface area contributed by atoms with E-state index < -0.39 is 35.9 Å². The van der Waals surface area contributed by atoms with Crippen LogP contribution >= 0.6 is 0 Å². The summed E-state index contributed by atoms with van der Waals surface area (Å²) in [7, 11) is -8.56. The quantitative estimate of drug-likeness (QED) is 0.650. The van der Waals surface area contributed by atoms with Gasteiger partial charge in [-0.25, -0.2) is 36.3 Å². The maximum Gasteiger partial charge on any atom is 0.335 e. The fourth-order valence-electron chi connectivity index (χ4n) is 2.72. The van der Waals surface area contributed by atoms with Crippen LogP contribution in [0.2, 0.25) is 0 Å². The number of urea groups is 1. The Balaban J connectivity index is 2.36. The highest BCUT2D eigenvalue weighted by molar-refractivity contribution is 7.92. The monoisotopic (exact) mass is 455 g/mol. The molecule has 12 heteroatoms. The van der Waals surface area contributed by atoms with Gasteiger partial charge in [0.05, 0.1) is 0 Å². The van der Waals surface area contributed by atoms with Gasteiger partial charge in [-0.2, -0.15) is 4.31 Å². The summed E-state index contributed by atoms with van der Waals surface area (Å²) in [6.45, 7) is 8.93. The first kappa shape index (κ1) is 23.7. The number of sulfonamides is 2. The zero-order valence-electron chi connectivity index (χ0n) is 17.4. The van der Waals surface area contributed by atoms with Gasteiger partial charge in [-0.05, 0) is 38.5 Å². The Labute approximate surface area is 176 Å². The van der Waals surface area contributed by atoms with Crippen LogP contribution in [0.25, 0.3) is 0 Å². The van der Waals surface area contributed by atoms with Gasteiger partial charge in [-0.3, -0.25) is 5.32 Å². The summed E-state index contributed by atoms with van der Waals surface area (Å²) >= 11 is 0. The van der Waals surface area contributed by atoms with E-state index in [2.05, 4.69) is 15.3 Å². The van der Waals surface area contributed by atoms with Crippen molar-refractivity contribution in [2.75, 3.05) is 18.4 Å². The Bertz CT molecular complexity index is 1140. The number of carbonyl (C=O) groups is 1. The third-order valence-electron chi connectivity index (χ3n) is 4.55. The number of nitrogens with zero attached hydrogens (tertiary/aromatic N) is 3. The van der Waals surface area contributed by atoms with Crippen molar-refractivity contribution >= 4 is 32.0 Å². The second-order valence-electron chi connectivity index (χ2n) is 6.44. The first-order chi connectivity index (χ1) is 13.9. The lowest BCUT2D eigenvalue weighted by Gasteiger charge is -2.20. The van der Waals surface area contributed by atoms with Crippen LogP contribution in [-0.4, -0.2) is 50.2 Å². The zero-order chi connectivity index (χ0) is 22.7. The lowest BCUT2D eigenvalue weighted by atomic mass is 10.2. The number of rotatable bonds is 7. The highest BCUT2D eigenvalue weighted by atomic mass is 32.2. The predicted molar refractivity (Wildman–Crippen MR) is 112 cm³/mol. The second kappa shape index (κ2) is 9.06. The number of benzene rings is 1. The summed E-state index contributed by atoms with van der Waals surface area (Å²) in [5.74, 6) is -0.0626. The number of aryl methyl sites for hydroxylation is 2. The van der Waals surface area contributed by atoms with E-state index in [9.17, 15) is 21.6 Å². The number of amides is 2. The van der Waals surface area contributed by atoms with Crippen LogP contribution in [0.5, 0.6) is 0 Å². The fourth-order valence-corrected chi connectivity index (χ4v) is 5.89. The molecule has 2 N–H and O–H groups in total. The third kappa shape index (κ3) is 4.94. The molecule has 1 heterocycles. The molecule has 30 heavy (non-hydrogen) atoms. The molecule has 0 aliphatic carbocycles. The van der Waals surface area contributed by atoms with Gasteiger partial charge in [0.1, 0.15) is 9.79 Å². The number of carbonyl (C=O) groups excluding carboxylic acids is 1. The van der Waals surface area contributed by atoms with Crippen LogP contribution in [0.4, 0.5) is 10.7 Å². The van der Waals surface area contributed by atoms with E-state index in [1.807, 2.05) is 11.6 Å². The van der Waals surface area contributed by atoms with Crippen molar-refractivity contribution in [1.82, 2.24) is 19.0 Å². The Hall–Kier alpha value is -2.57. The molecule has 0 atom stereocenters. The van der Waals surface area contributed by atoms with Crippen molar-refractivity contribution < 1.29 is 21.6 Å². The zero-order valence-corrected chi connectivity index (χ0v) is 19.1. The largest absolute Gasteiger partial charge is 0.335 e. The number of aromatic nitrogens is 2. The number of hydrogen-bond donors (Lipinski definition) is 2. The number of anilines is 1. The third-order valence-corrected chi connectivity index (χ3v) is 8.17. The van der Waals surface area contributed by atoms with Gasteiger partial charge in [-0.15, -0.1) is 0 Å². The summed E-state index contributed by atoms with van der Waals surface area (Å²) < 4.78 is 54.3. The standard InChI is InChI=1S/C18H25N5O5S2/c1-6-23(7-2)30(27,28)16-11-9-8-10-15(16)29(25,26)22-18(24)21-17-19-13(4)12(3)14(5)20-17/h8-11H,6-7H2,1-5H3,(H2,19,20,21,22,24). The van der Waals surface area contributed by atoms with E-state index >= 15 is 0 Å². The lowest BCUT2D eigenvalue weighted by Crippen LogP contribution is -2.37. The second-order valence-corrected chi connectivity index (χ2v) is 10.00. The minimum atomic E-state index is -4.50. The molecule has 2 amide bonds. The van der Waals surface area contributed by atoms with E-state index in [0.29, 0.717) is 11.4 Å². The average Bonchev–Trinajstić information content (AvgIpc) is 2.66. The van der Waals surface area contributed by atoms with Gasteiger partial charge in [-0.1, -0.05) is 26.0 Å². The Morgan fingerprint density at radius 2 is 1.43 bits per heavy atom. The SMILES string of the molecule is CCN(CC)S(=O)(=O)c1ccccc1S(=O)(=O)NC(=O)Nc1nc(C)c(C)c(C)n1. The van der Waals surface area contributed by atoms with Crippen LogP contribution in [-0.2, 0) is 20.0 Å². The highest BCUT2D eigenvalue weighted by Crippen LogP contribution is 2.24. The molecular formula is C18H25N5O5S2. The maximum absolute atomic E-state index is 12.9. The molecule has 2 aromatic rings. The molecule has 0 spiro atoms. The highest BCUT2D eigenvalue weighted by Gasteiger charge is 2.30. The van der Waals surface area contributed by atoms with Gasteiger partial charge in [0, 0.05) is 24.5 Å². The summed E-state index contributed by atoms with van der Waals surface area (Å²) in [6.07, 6.45) is 0. The maximum atomic E-state index is 12.9. The summed E-state index contributed by atoms with van der Waals surface area (Å²) in [4.78, 5) is 19.5. The molecular weight excluding hydrogens is 430 g/mol. The molecule has 0 aliphatic rings. The minimum absolute atomic E-state index is 0.0626. The van der Waals surface area contributed by atoms with Crippen molar-refractivity contribution in [2.24, 2.45) is 0 Å². The topological polar surface area (TPSA) is 138 Å². The number of hydrogen-bond acceptors (Lipinski definition) is 7. The molecule has 1 aromatic carbocycles. The molecule has 0 aliphatic heterocycles. The van der Waals surface area contributed by atoms with Crippen molar-refractivity contribution in [3.05, 3.63) is 41.2 Å². The molecule has 0 radical (unpaired) electrons. The van der Waals surface area contributed by atoms with Gasteiger partial charge < -0.3 is 0 Å². The van der Waals surface area contributed by atoms with E-state index in [1.165, 1.54) is 18.2 Å². The molecule has 1 aromatic heterocycles. The normalized spacial score (nSPS) is 12.1. The predicted octanol–water partition coefficient (Wildman–Crippen LogP) is 1.94. The first-order valence-electron chi connectivity index (χ1n) is 9.18. The van der Waals surface area contributed by atoms with Crippen LogP contribution in [0.3, 0.4) is 0 Å². The minimum Gasteiger partial charge on any atom is -0.275 e. The molecule has 0 fully saturated rings.